The summed E-state index contributed by atoms with van der Waals surface area (Å²) in [7, 11) is 0. The maximum atomic E-state index is 13.3. The Kier molecular flexibility index (Phi) is 6.38. The quantitative estimate of drug-likeness (QED) is 0.567. The number of thiophene rings is 1. The van der Waals surface area contributed by atoms with Crippen LogP contribution in [0.1, 0.15) is 11.1 Å². The summed E-state index contributed by atoms with van der Waals surface area (Å²) in [5, 5.41) is 12.0. The summed E-state index contributed by atoms with van der Waals surface area (Å²) in [5.41, 5.74) is -2.05. The second-order valence-electron chi connectivity index (χ2n) is 5.00. The largest absolute Gasteiger partial charge is 0.417 e. The number of hydrogen-bond acceptors (Lipinski definition) is 5. The van der Waals surface area contributed by atoms with Crippen LogP contribution >= 0.6 is 23.1 Å². The predicted octanol–water partition coefficient (Wildman–Crippen LogP) is 4.47. The van der Waals surface area contributed by atoms with E-state index in [1.165, 1.54) is 12.1 Å². The summed E-state index contributed by atoms with van der Waals surface area (Å²) in [6.07, 6.45) is -9.45. The molecule has 0 bridgehead atoms. The van der Waals surface area contributed by atoms with E-state index in [2.05, 4.69) is 4.98 Å². The van der Waals surface area contributed by atoms with Crippen LogP contribution in [0, 0.1) is 11.3 Å². The van der Waals surface area contributed by atoms with Crippen molar-refractivity contribution >= 4 is 29.0 Å². The molecule has 0 unspecified atom stereocenters. The van der Waals surface area contributed by atoms with Gasteiger partial charge in [0, 0.05) is 0 Å². The van der Waals surface area contributed by atoms with Crippen molar-refractivity contribution in [1.29, 1.82) is 5.26 Å². The average molecular weight is 425 g/mol. The Morgan fingerprint density at radius 2 is 2.00 bits per heavy atom. The highest BCUT2D eigenvalue weighted by Crippen LogP contribution is 2.38. The van der Waals surface area contributed by atoms with Crippen LogP contribution in [0.2, 0.25) is 0 Å². The number of carbonyl (C=O) groups is 1. The third kappa shape index (κ3) is 5.86. The summed E-state index contributed by atoms with van der Waals surface area (Å²) < 4.78 is 76.2. The van der Waals surface area contributed by atoms with Crippen molar-refractivity contribution in [3.05, 3.63) is 34.7 Å². The number of alkyl halides is 6. The highest BCUT2D eigenvalue weighted by Gasteiger charge is 2.36. The fraction of sp³-hybridized carbons (Fsp3) is 0.267. The van der Waals surface area contributed by atoms with Crippen LogP contribution < -0.4 is 5.32 Å². The summed E-state index contributed by atoms with van der Waals surface area (Å²) >= 11 is 1.59. The van der Waals surface area contributed by atoms with Gasteiger partial charge in [-0.25, -0.2) is 4.98 Å². The van der Waals surface area contributed by atoms with Crippen LogP contribution in [0.4, 0.5) is 26.3 Å². The van der Waals surface area contributed by atoms with E-state index in [1.807, 2.05) is 0 Å². The average Bonchev–Trinajstić information content (AvgIpc) is 3.10. The van der Waals surface area contributed by atoms with Gasteiger partial charge < -0.3 is 5.32 Å². The maximum Gasteiger partial charge on any atom is 0.417 e. The zero-order valence-corrected chi connectivity index (χ0v) is 14.7. The SMILES string of the molecule is N#Cc1c(C(F)(F)F)cc(-c2cccs2)nc1SCC(=O)NCC(F)(F)F. The number of carbonyl (C=O) groups excluding carboxylic acids is 1. The van der Waals surface area contributed by atoms with Gasteiger partial charge in [0.05, 0.1) is 27.5 Å². The third-order valence-corrected chi connectivity index (χ3v) is 4.87. The van der Waals surface area contributed by atoms with E-state index < -0.39 is 41.7 Å². The molecule has 1 amide bonds. The molecule has 0 radical (unpaired) electrons. The van der Waals surface area contributed by atoms with Crippen LogP contribution in [-0.2, 0) is 11.0 Å². The minimum absolute atomic E-state index is 0.0467. The second kappa shape index (κ2) is 8.18. The Morgan fingerprint density at radius 1 is 1.30 bits per heavy atom. The topological polar surface area (TPSA) is 65.8 Å². The number of nitrogens with zero attached hydrogens (tertiary/aromatic N) is 2. The van der Waals surface area contributed by atoms with Crippen molar-refractivity contribution in [3.63, 3.8) is 0 Å². The normalized spacial score (nSPS) is 11.9. The summed E-state index contributed by atoms with van der Waals surface area (Å²) in [6.45, 7) is -1.56. The van der Waals surface area contributed by atoms with Crippen molar-refractivity contribution < 1.29 is 31.1 Å². The van der Waals surface area contributed by atoms with Gasteiger partial charge in [0.25, 0.3) is 0 Å². The molecule has 0 saturated carbocycles. The number of pyridine rings is 1. The fourth-order valence-corrected chi connectivity index (χ4v) is 3.41. The van der Waals surface area contributed by atoms with Crippen molar-refractivity contribution in [1.82, 2.24) is 10.3 Å². The molecule has 2 rings (SSSR count). The summed E-state index contributed by atoms with van der Waals surface area (Å²) in [6, 6.07) is 5.28. The summed E-state index contributed by atoms with van der Waals surface area (Å²) in [4.78, 5) is 15.9. The number of rotatable bonds is 5. The minimum atomic E-state index is -4.84. The van der Waals surface area contributed by atoms with Gasteiger partial charge >= 0.3 is 12.4 Å². The molecule has 12 heteroatoms. The van der Waals surface area contributed by atoms with Crippen molar-refractivity contribution in [2.45, 2.75) is 17.4 Å². The predicted molar refractivity (Wildman–Crippen MR) is 87.1 cm³/mol. The van der Waals surface area contributed by atoms with Gasteiger partial charge in [-0.1, -0.05) is 17.8 Å². The van der Waals surface area contributed by atoms with Gasteiger partial charge in [-0.3, -0.25) is 4.79 Å². The van der Waals surface area contributed by atoms with Gasteiger partial charge in [0.2, 0.25) is 5.91 Å². The molecule has 0 fully saturated rings. The highest BCUT2D eigenvalue weighted by atomic mass is 32.2. The van der Waals surface area contributed by atoms with Crippen LogP contribution in [0.5, 0.6) is 0 Å². The Labute approximate surface area is 157 Å². The minimum Gasteiger partial charge on any atom is -0.346 e. The number of thioether (sulfide) groups is 1. The molecule has 0 aromatic carbocycles. The number of amides is 1. The van der Waals surface area contributed by atoms with Crippen LogP contribution in [0.3, 0.4) is 0 Å². The monoisotopic (exact) mass is 425 g/mol. The number of nitriles is 1. The summed E-state index contributed by atoms with van der Waals surface area (Å²) in [5.74, 6) is -1.67. The lowest BCUT2D eigenvalue weighted by Crippen LogP contribution is -2.34. The van der Waals surface area contributed by atoms with E-state index in [9.17, 15) is 31.1 Å². The molecule has 0 aliphatic carbocycles. The Bertz CT molecular complexity index is 856. The highest BCUT2D eigenvalue weighted by molar-refractivity contribution is 8.00. The van der Waals surface area contributed by atoms with E-state index in [0.29, 0.717) is 16.6 Å². The van der Waals surface area contributed by atoms with Crippen LogP contribution in [-0.4, -0.2) is 29.4 Å². The number of hydrogen-bond donors (Lipinski definition) is 1. The van der Waals surface area contributed by atoms with E-state index in [4.69, 9.17) is 5.26 Å². The molecule has 2 heterocycles. The Balaban J connectivity index is 2.33. The van der Waals surface area contributed by atoms with Gasteiger partial charge in [0.15, 0.2) is 0 Å². The van der Waals surface area contributed by atoms with Crippen LogP contribution in [0.25, 0.3) is 10.6 Å². The van der Waals surface area contributed by atoms with Gasteiger partial charge in [0.1, 0.15) is 17.6 Å². The van der Waals surface area contributed by atoms with Crippen molar-refractivity contribution in [2.24, 2.45) is 0 Å². The zero-order valence-electron chi connectivity index (χ0n) is 13.1. The van der Waals surface area contributed by atoms with Gasteiger partial charge in [-0.05, 0) is 17.5 Å². The van der Waals surface area contributed by atoms with Gasteiger partial charge in [-0.2, -0.15) is 31.6 Å². The van der Waals surface area contributed by atoms with E-state index in [-0.39, 0.29) is 10.7 Å². The number of aromatic nitrogens is 1. The molecule has 2 aromatic rings. The molecular weight excluding hydrogens is 416 g/mol. The molecule has 0 aliphatic rings. The lowest BCUT2D eigenvalue weighted by Gasteiger charge is -2.14. The first-order valence-electron chi connectivity index (χ1n) is 7.03. The fourth-order valence-electron chi connectivity index (χ4n) is 1.89. The molecule has 0 atom stereocenters. The van der Waals surface area contributed by atoms with E-state index in [0.717, 1.165) is 17.4 Å². The zero-order chi connectivity index (χ0) is 20.2. The number of halogens is 6. The Morgan fingerprint density at radius 3 is 2.52 bits per heavy atom. The first kappa shape index (κ1) is 21.0. The van der Waals surface area contributed by atoms with Crippen molar-refractivity contribution in [2.75, 3.05) is 12.3 Å². The standard InChI is InChI=1S/C15H9F6N3OS2/c16-14(17,18)7-23-12(25)6-27-13-8(5-22)9(15(19,20)21)4-10(24-13)11-2-1-3-26-11/h1-4H,6-7H2,(H,23,25). The lowest BCUT2D eigenvalue weighted by molar-refractivity contribution is -0.138. The molecule has 4 nitrogen and oxygen atoms in total. The molecule has 2 aromatic heterocycles. The molecular formula is C15H9F6N3OS2. The molecule has 0 saturated heterocycles. The van der Waals surface area contributed by atoms with E-state index in [1.54, 1.807) is 16.8 Å². The third-order valence-electron chi connectivity index (χ3n) is 3.00. The smallest absolute Gasteiger partial charge is 0.346 e. The maximum absolute atomic E-state index is 13.3. The second-order valence-corrected chi connectivity index (χ2v) is 6.91. The van der Waals surface area contributed by atoms with E-state index >= 15 is 0 Å². The molecule has 0 aliphatic heterocycles. The molecule has 144 valence electrons. The van der Waals surface area contributed by atoms with Crippen LogP contribution in [0.15, 0.2) is 28.6 Å². The van der Waals surface area contributed by atoms with Gasteiger partial charge in [-0.15, -0.1) is 11.3 Å². The first-order chi connectivity index (χ1) is 12.5. The first-order valence-corrected chi connectivity index (χ1v) is 8.90. The lowest BCUT2D eigenvalue weighted by atomic mass is 10.1. The molecule has 27 heavy (non-hydrogen) atoms. The molecule has 1 N–H and O–H groups in total. The Hall–Kier alpha value is -2.26. The van der Waals surface area contributed by atoms with Crippen molar-refractivity contribution in [3.8, 4) is 16.6 Å². The number of nitrogens with one attached hydrogen (secondary N) is 1. The molecule has 0 spiro atoms.